The number of carbonyl (C=O) groups is 2. The van der Waals surface area contributed by atoms with Crippen LogP contribution in [0, 0.1) is 0 Å². The van der Waals surface area contributed by atoms with Crippen LogP contribution in [0.4, 0.5) is 0 Å². The zero-order valence-corrected chi connectivity index (χ0v) is 38.9. The van der Waals surface area contributed by atoms with Gasteiger partial charge in [0, 0.05) is 11.9 Å². The van der Waals surface area contributed by atoms with Crippen LogP contribution in [0.15, 0.2) is 0 Å². The summed E-state index contributed by atoms with van der Waals surface area (Å²) >= 11 is 0. The summed E-state index contributed by atoms with van der Waals surface area (Å²) in [6, 6.07) is 0. The minimum Gasteiger partial charge on any atom is -0.550 e. The fraction of sp³-hybridized carbons (Fsp3) is 0.955. The molecular weight excluding hydrogens is 638 g/mol. The summed E-state index contributed by atoms with van der Waals surface area (Å²) in [5, 5.41) is 20.5. The Balaban J connectivity index is -0.000000407. The molecule has 6 heteroatoms. The Bertz CT molecular complexity index is 565. The van der Waals surface area contributed by atoms with Gasteiger partial charge in [0.25, 0.3) is 0 Å². The molecule has 0 rings (SSSR count). The quantitative estimate of drug-likeness (QED) is 0.0498. The van der Waals surface area contributed by atoms with Gasteiger partial charge in [-0.15, -0.1) is 0 Å². The Morgan fingerprint density at radius 3 is 0.500 bits per heavy atom. The van der Waals surface area contributed by atoms with Crippen LogP contribution < -0.4 is 69.3 Å². The zero-order chi connectivity index (χ0) is 35.4. The maximum Gasteiger partial charge on any atom is 1.00 e. The maximum atomic E-state index is 10.3. The molecule has 0 fully saturated rings. The molecule has 0 amide bonds. The van der Waals surface area contributed by atoms with Crippen molar-refractivity contribution >= 4 is 11.9 Å². The van der Waals surface area contributed by atoms with E-state index in [0.29, 0.717) is 0 Å². The van der Waals surface area contributed by atoms with E-state index in [1.165, 1.54) is 218 Å². The monoisotopic (exact) mass is 725 g/mol. The molecule has 0 saturated heterocycles. The Kier molecular flexibility index (Phi) is 62.6. The van der Waals surface area contributed by atoms with Crippen LogP contribution in [-0.4, -0.2) is 11.9 Å². The number of aliphatic carboxylic acids is 2. The van der Waals surface area contributed by atoms with Crippen LogP contribution in [0.5, 0.6) is 0 Å². The molecule has 0 heterocycles. The van der Waals surface area contributed by atoms with Crippen LogP contribution in [0.2, 0.25) is 0 Å². The number of rotatable bonds is 40. The van der Waals surface area contributed by atoms with Crippen molar-refractivity contribution in [3.8, 4) is 0 Å². The molecule has 4 nitrogen and oxygen atoms in total. The number of carbonyl (C=O) groups excluding carboxylic acids is 2. The van der Waals surface area contributed by atoms with E-state index in [1.807, 2.05) is 0 Å². The molecule has 0 aliphatic rings. The summed E-state index contributed by atoms with van der Waals surface area (Å²) < 4.78 is 0. The molecule has 50 heavy (non-hydrogen) atoms. The average Bonchev–Trinajstić information content (AvgIpc) is 3.07. The van der Waals surface area contributed by atoms with Crippen LogP contribution >= 0.6 is 0 Å². The number of hydrogen-bond donors (Lipinski definition) is 0. The number of carboxylic acid groups (broad SMARTS) is 2. The molecule has 0 aromatic heterocycles. The first-order valence-electron chi connectivity index (χ1n) is 21.9. The molecule has 0 aliphatic carbocycles. The molecule has 288 valence electrons. The average molecular weight is 725 g/mol. The van der Waals surface area contributed by atoms with E-state index in [0.717, 1.165) is 25.7 Å². The van der Waals surface area contributed by atoms with Crippen molar-refractivity contribution in [2.75, 3.05) is 0 Å². The summed E-state index contributed by atoms with van der Waals surface area (Å²) in [5.74, 6) is -1.80. The Hall–Kier alpha value is 0.940. The summed E-state index contributed by atoms with van der Waals surface area (Å²) in [6.45, 7) is 4.56. The fourth-order valence-corrected chi connectivity index (χ4v) is 6.70. The molecule has 0 atom stereocenters. The maximum absolute atomic E-state index is 10.3. The smallest absolute Gasteiger partial charge is 0.550 e. The van der Waals surface area contributed by atoms with E-state index in [4.69, 9.17) is 0 Å². The predicted molar refractivity (Wildman–Crippen MR) is 206 cm³/mol. The second-order valence-corrected chi connectivity index (χ2v) is 15.0. The predicted octanol–water partition coefficient (Wildman–Crippen LogP) is 7.12. The van der Waals surface area contributed by atoms with Gasteiger partial charge in [-0.2, -0.15) is 0 Å². The Labute approximate surface area is 358 Å². The van der Waals surface area contributed by atoms with Crippen LogP contribution in [0.25, 0.3) is 0 Å². The Morgan fingerprint density at radius 2 is 0.380 bits per heavy atom. The first kappa shape index (κ1) is 57.7. The van der Waals surface area contributed by atoms with E-state index in [1.54, 1.807) is 0 Å². The molecule has 0 saturated carbocycles. The van der Waals surface area contributed by atoms with Crippen LogP contribution in [0.3, 0.4) is 0 Å². The Morgan fingerprint density at radius 1 is 0.260 bits per heavy atom. The van der Waals surface area contributed by atoms with Crippen molar-refractivity contribution in [2.45, 2.75) is 271 Å². The molecule has 0 spiro atoms. The van der Waals surface area contributed by atoms with Gasteiger partial charge in [-0.05, 0) is 25.7 Å². The van der Waals surface area contributed by atoms with Crippen LogP contribution in [-0.2, 0) is 9.59 Å². The van der Waals surface area contributed by atoms with Gasteiger partial charge in [0.05, 0.1) is 0 Å². The van der Waals surface area contributed by atoms with Crippen molar-refractivity contribution in [3.05, 3.63) is 0 Å². The van der Waals surface area contributed by atoms with Gasteiger partial charge < -0.3 is 19.8 Å². The summed E-state index contributed by atoms with van der Waals surface area (Å²) in [6.07, 6.45) is 51.5. The minimum absolute atomic E-state index is 0. The van der Waals surface area contributed by atoms with Gasteiger partial charge in [-0.1, -0.05) is 245 Å². The van der Waals surface area contributed by atoms with Gasteiger partial charge in [0.2, 0.25) is 0 Å². The number of unbranched alkanes of at least 4 members (excludes halogenated alkanes) is 36. The van der Waals surface area contributed by atoms with Crippen LogP contribution in [0.1, 0.15) is 271 Å². The third kappa shape index (κ3) is 61.0. The van der Waals surface area contributed by atoms with E-state index in [9.17, 15) is 19.8 Å². The standard InChI is InChI=1S/2C22H44O2.2Na/c2*1-2-3-4-5-6-7-8-9-10-11-12-13-14-15-16-17-18-19-20-21-22(23)24;;/h2*2-21H2,1H3,(H,23,24);;/q;;2*+1/p-2. The van der Waals surface area contributed by atoms with Crippen molar-refractivity contribution < 1.29 is 78.9 Å². The molecule has 0 aliphatic heterocycles. The molecule has 0 bridgehead atoms. The second kappa shape index (κ2) is 54.3. The largest absolute Gasteiger partial charge is 1.00 e. The molecule has 0 aromatic rings. The SMILES string of the molecule is CCCCCCCCCCCCCCCCCCCCCC(=O)[O-].CCCCCCCCCCCCCCCCCCCCCC(=O)[O-].[Na+].[Na+]. The van der Waals surface area contributed by atoms with Gasteiger partial charge in [0.15, 0.2) is 0 Å². The first-order valence-corrected chi connectivity index (χ1v) is 21.9. The molecule has 0 N–H and O–H groups in total. The normalized spacial score (nSPS) is 10.6. The fourth-order valence-electron chi connectivity index (χ4n) is 6.70. The van der Waals surface area contributed by atoms with E-state index >= 15 is 0 Å². The summed E-state index contributed by atoms with van der Waals surface area (Å²) in [4.78, 5) is 20.5. The summed E-state index contributed by atoms with van der Waals surface area (Å²) in [7, 11) is 0. The van der Waals surface area contributed by atoms with Gasteiger partial charge in [-0.3, -0.25) is 0 Å². The molecular formula is C44H86Na2O4. The van der Waals surface area contributed by atoms with E-state index < -0.39 is 11.9 Å². The first-order chi connectivity index (χ1) is 23.5. The van der Waals surface area contributed by atoms with Gasteiger partial charge in [0.1, 0.15) is 0 Å². The zero-order valence-electron chi connectivity index (χ0n) is 34.9. The van der Waals surface area contributed by atoms with Crippen molar-refractivity contribution in [2.24, 2.45) is 0 Å². The third-order valence-corrected chi connectivity index (χ3v) is 9.97. The van der Waals surface area contributed by atoms with Crippen molar-refractivity contribution in [3.63, 3.8) is 0 Å². The summed E-state index contributed by atoms with van der Waals surface area (Å²) in [5.41, 5.74) is 0. The topological polar surface area (TPSA) is 80.3 Å². The molecule has 0 radical (unpaired) electrons. The second-order valence-electron chi connectivity index (χ2n) is 15.0. The molecule has 0 aromatic carbocycles. The number of carboxylic acids is 2. The van der Waals surface area contributed by atoms with Crippen molar-refractivity contribution in [1.82, 2.24) is 0 Å². The van der Waals surface area contributed by atoms with Crippen molar-refractivity contribution in [1.29, 1.82) is 0 Å². The number of hydrogen-bond acceptors (Lipinski definition) is 4. The van der Waals surface area contributed by atoms with Gasteiger partial charge in [-0.25, -0.2) is 0 Å². The van der Waals surface area contributed by atoms with Gasteiger partial charge >= 0.3 is 59.1 Å². The van der Waals surface area contributed by atoms with E-state index in [2.05, 4.69) is 13.8 Å². The minimum atomic E-state index is -0.901. The molecule has 0 unspecified atom stereocenters. The third-order valence-electron chi connectivity index (χ3n) is 9.97. The van der Waals surface area contributed by atoms with E-state index in [-0.39, 0.29) is 72.0 Å².